The van der Waals surface area contributed by atoms with Crippen LogP contribution in [0.5, 0.6) is 0 Å². The number of hydrogen-bond acceptors (Lipinski definition) is 5. The first-order valence-electron chi connectivity index (χ1n) is 5.91. The first kappa shape index (κ1) is 16.6. The van der Waals surface area contributed by atoms with Crippen molar-refractivity contribution in [2.75, 3.05) is 19.8 Å². The molecule has 0 aromatic carbocycles. The van der Waals surface area contributed by atoms with E-state index in [2.05, 4.69) is 0 Å². The van der Waals surface area contributed by atoms with Gasteiger partial charge in [0.05, 0.1) is 0 Å². The number of hydrogen-bond donors (Lipinski definition) is 1. The number of carboxylic acids is 1. The van der Waals surface area contributed by atoms with Gasteiger partial charge in [0.25, 0.3) is 0 Å². The van der Waals surface area contributed by atoms with Crippen molar-refractivity contribution in [2.24, 2.45) is 0 Å². The maximum absolute atomic E-state index is 11.1. The minimum Gasteiger partial charge on any atom is -0.478 e. The molecule has 0 atom stereocenters. The van der Waals surface area contributed by atoms with E-state index in [0.717, 1.165) is 25.0 Å². The van der Waals surface area contributed by atoms with Gasteiger partial charge in [0.2, 0.25) is 0 Å². The second-order valence-corrected chi connectivity index (χ2v) is 3.47. The minimum absolute atomic E-state index is 0.0528. The zero-order chi connectivity index (χ0) is 13.8. The van der Waals surface area contributed by atoms with Gasteiger partial charge in [-0.15, -0.1) is 0 Å². The van der Waals surface area contributed by atoms with Crippen molar-refractivity contribution in [2.45, 2.75) is 33.0 Å². The highest BCUT2D eigenvalue weighted by molar-refractivity contribution is 5.90. The molecule has 0 radical (unpaired) electrons. The molecular weight excluding hydrogens is 240 g/mol. The fourth-order valence-electron chi connectivity index (χ4n) is 0.981. The Morgan fingerprint density at radius 3 is 2.11 bits per heavy atom. The summed E-state index contributed by atoms with van der Waals surface area (Å²) in [5.41, 5.74) is 0. The molecule has 0 saturated heterocycles. The van der Waals surface area contributed by atoms with E-state index in [9.17, 15) is 9.59 Å². The Hall–Kier alpha value is -1.40. The van der Waals surface area contributed by atoms with Crippen LogP contribution in [0, 0.1) is 0 Å². The van der Waals surface area contributed by atoms with Crippen LogP contribution in [0.15, 0.2) is 12.2 Å². The van der Waals surface area contributed by atoms with Crippen molar-refractivity contribution in [3.63, 3.8) is 0 Å². The molecule has 0 amide bonds. The van der Waals surface area contributed by atoms with Crippen LogP contribution in [0.4, 0.5) is 0 Å². The third-order valence-electron chi connectivity index (χ3n) is 1.74. The summed E-state index contributed by atoms with van der Waals surface area (Å²) in [7, 11) is 0. The van der Waals surface area contributed by atoms with Crippen LogP contribution in [-0.4, -0.2) is 43.2 Å². The van der Waals surface area contributed by atoms with E-state index in [1.165, 1.54) is 0 Å². The van der Waals surface area contributed by atoms with Crippen LogP contribution in [0.2, 0.25) is 0 Å². The zero-order valence-electron chi connectivity index (χ0n) is 10.8. The van der Waals surface area contributed by atoms with Crippen LogP contribution in [0.1, 0.15) is 26.7 Å². The third kappa shape index (κ3) is 9.80. The quantitative estimate of drug-likeness (QED) is 0.363. The van der Waals surface area contributed by atoms with Crippen LogP contribution in [0.3, 0.4) is 0 Å². The average molecular weight is 260 g/mol. The number of rotatable bonds is 10. The number of carboxylic acid groups (broad SMARTS) is 1. The zero-order valence-corrected chi connectivity index (χ0v) is 10.8. The van der Waals surface area contributed by atoms with Gasteiger partial charge < -0.3 is 19.3 Å². The highest BCUT2D eigenvalue weighted by Gasteiger charge is 2.11. The largest absolute Gasteiger partial charge is 0.478 e. The summed E-state index contributed by atoms with van der Waals surface area (Å²) in [5.74, 6) is -1.93. The topological polar surface area (TPSA) is 82.1 Å². The Kier molecular flexibility index (Phi) is 9.90. The number of aliphatic carboxylic acids is 1. The first-order valence-corrected chi connectivity index (χ1v) is 5.91. The van der Waals surface area contributed by atoms with Crippen molar-refractivity contribution in [3.8, 4) is 0 Å². The molecule has 0 saturated carbocycles. The van der Waals surface area contributed by atoms with Crippen molar-refractivity contribution in [1.29, 1.82) is 0 Å². The molecular formula is C12H20O6. The van der Waals surface area contributed by atoms with E-state index < -0.39 is 18.2 Å². The molecule has 0 aromatic heterocycles. The number of esters is 1. The second kappa shape index (κ2) is 10.7. The Morgan fingerprint density at radius 2 is 1.67 bits per heavy atom. The SMILES string of the molecule is CCCOC(COC(=O)/C=C\C(=O)O)OCCC. The molecule has 0 bridgehead atoms. The molecule has 0 aromatic rings. The summed E-state index contributed by atoms with van der Waals surface area (Å²) < 4.78 is 15.5. The lowest BCUT2D eigenvalue weighted by Gasteiger charge is -2.17. The molecule has 1 N–H and O–H groups in total. The number of ether oxygens (including phenoxy) is 3. The molecule has 0 aliphatic heterocycles. The van der Waals surface area contributed by atoms with Gasteiger partial charge in [0.1, 0.15) is 6.61 Å². The maximum Gasteiger partial charge on any atom is 0.331 e. The van der Waals surface area contributed by atoms with Crippen molar-refractivity contribution in [3.05, 3.63) is 12.2 Å². The first-order chi connectivity index (χ1) is 8.60. The monoisotopic (exact) mass is 260 g/mol. The average Bonchev–Trinajstić information content (AvgIpc) is 2.35. The molecule has 6 heteroatoms. The second-order valence-electron chi connectivity index (χ2n) is 3.47. The van der Waals surface area contributed by atoms with E-state index in [4.69, 9.17) is 19.3 Å². The summed E-state index contributed by atoms with van der Waals surface area (Å²) in [6, 6.07) is 0. The van der Waals surface area contributed by atoms with E-state index in [0.29, 0.717) is 13.2 Å². The lowest BCUT2D eigenvalue weighted by Crippen LogP contribution is -2.25. The van der Waals surface area contributed by atoms with Gasteiger partial charge in [-0.25, -0.2) is 9.59 Å². The summed E-state index contributed by atoms with van der Waals surface area (Å²) in [4.78, 5) is 21.3. The predicted octanol–water partition coefficient (Wildman–Crippen LogP) is 1.35. The normalized spacial score (nSPS) is 11.1. The predicted molar refractivity (Wildman–Crippen MR) is 64.0 cm³/mol. The lowest BCUT2D eigenvalue weighted by atomic mass is 10.5. The van der Waals surface area contributed by atoms with Gasteiger partial charge in [-0.05, 0) is 12.8 Å². The van der Waals surface area contributed by atoms with Crippen LogP contribution >= 0.6 is 0 Å². The molecule has 104 valence electrons. The summed E-state index contributed by atoms with van der Waals surface area (Å²) in [5, 5.41) is 8.33. The Bertz CT molecular complexity index is 266. The van der Waals surface area contributed by atoms with E-state index in [1.54, 1.807) is 0 Å². The summed E-state index contributed by atoms with van der Waals surface area (Å²) in [6.45, 7) is 4.88. The standard InChI is InChI=1S/C12H20O6/c1-3-7-16-12(17-8-4-2)9-18-11(15)6-5-10(13)14/h5-6,12H,3-4,7-9H2,1-2H3,(H,13,14)/b6-5-. The van der Waals surface area contributed by atoms with E-state index >= 15 is 0 Å². The molecule has 0 heterocycles. The molecule has 0 rings (SSSR count). The summed E-state index contributed by atoms with van der Waals surface area (Å²) >= 11 is 0. The molecule has 18 heavy (non-hydrogen) atoms. The highest BCUT2D eigenvalue weighted by atomic mass is 16.7. The van der Waals surface area contributed by atoms with E-state index in [-0.39, 0.29) is 6.61 Å². The van der Waals surface area contributed by atoms with Crippen LogP contribution < -0.4 is 0 Å². The van der Waals surface area contributed by atoms with Crippen molar-refractivity contribution >= 4 is 11.9 Å². The number of carbonyl (C=O) groups is 2. The van der Waals surface area contributed by atoms with Crippen molar-refractivity contribution in [1.82, 2.24) is 0 Å². The molecule has 0 aliphatic carbocycles. The molecule has 0 spiro atoms. The van der Waals surface area contributed by atoms with Gasteiger partial charge in [-0.3, -0.25) is 0 Å². The number of carbonyl (C=O) groups excluding carboxylic acids is 1. The van der Waals surface area contributed by atoms with Gasteiger partial charge in [-0.2, -0.15) is 0 Å². The Labute approximate surface area is 107 Å². The smallest absolute Gasteiger partial charge is 0.331 e. The fraction of sp³-hybridized carbons (Fsp3) is 0.667. The molecule has 0 fully saturated rings. The summed E-state index contributed by atoms with van der Waals surface area (Å²) in [6.07, 6.45) is 2.63. The van der Waals surface area contributed by atoms with Gasteiger partial charge in [0.15, 0.2) is 6.29 Å². The van der Waals surface area contributed by atoms with Gasteiger partial charge in [-0.1, -0.05) is 13.8 Å². The third-order valence-corrected chi connectivity index (χ3v) is 1.74. The van der Waals surface area contributed by atoms with Crippen molar-refractivity contribution < 1.29 is 28.9 Å². The minimum atomic E-state index is -1.20. The Balaban J connectivity index is 3.99. The highest BCUT2D eigenvalue weighted by Crippen LogP contribution is 1.99. The maximum atomic E-state index is 11.1. The molecule has 6 nitrogen and oxygen atoms in total. The Morgan fingerprint density at radius 1 is 1.11 bits per heavy atom. The van der Waals surface area contributed by atoms with Crippen LogP contribution in [-0.2, 0) is 23.8 Å². The molecule has 0 aliphatic rings. The van der Waals surface area contributed by atoms with E-state index in [1.807, 2.05) is 13.8 Å². The lowest BCUT2D eigenvalue weighted by molar-refractivity contribution is -0.179. The molecule has 0 unspecified atom stereocenters. The van der Waals surface area contributed by atoms with Crippen LogP contribution in [0.25, 0.3) is 0 Å². The fourth-order valence-corrected chi connectivity index (χ4v) is 0.981. The van der Waals surface area contributed by atoms with Gasteiger partial charge >= 0.3 is 11.9 Å². The van der Waals surface area contributed by atoms with Gasteiger partial charge in [0, 0.05) is 25.4 Å².